The third-order valence-electron chi connectivity index (χ3n) is 3.42. The summed E-state index contributed by atoms with van der Waals surface area (Å²) >= 11 is 12.1. The van der Waals surface area contributed by atoms with Gasteiger partial charge in [0.15, 0.2) is 11.5 Å². The maximum Gasteiger partial charge on any atom is 0.242 e. The van der Waals surface area contributed by atoms with Crippen LogP contribution >= 0.6 is 23.2 Å². The standard InChI is InChI=1S/C15H13Cl2NO5S/c1-21-11-4-5-13(15(17)14(11)16)24(19,20)18-7-9-2-3-10-12(6-9)23-8-22-10/h2-6,18H,7-8H2,1H3. The number of rotatable bonds is 5. The van der Waals surface area contributed by atoms with Crippen LogP contribution < -0.4 is 18.9 Å². The Morgan fingerprint density at radius 2 is 1.88 bits per heavy atom. The molecule has 0 aromatic heterocycles. The van der Waals surface area contributed by atoms with Crippen LogP contribution in [0.4, 0.5) is 0 Å². The molecule has 0 bridgehead atoms. The second kappa shape index (κ2) is 6.68. The first-order valence-electron chi connectivity index (χ1n) is 6.82. The van der Waals surface area contributed by atoms with Gasteiger partial charge in [0.05, 0.1) is 12.1 Å². The Hall–Kier alpha value is -1.67. The van der Waals surface area contributed by atoms with Gasteiger partial charge < -0.3 is 14.2 Å². The van der Waals surface area contributed by atoms with Crippen LogP contribution in [-0.4, -0.2) is 22.3 Å². The summed E-state index contributed by atoms with van der Waals surface area (Å²) < 4.78 is 42.9. The SMILES string of the molecule is COc1ccc(S(=O)(=O)NCc2ccc3c(c2)OCO3)c(Cl)c1Cl. The molecule has 0 spiro atoms. The number of fused-ring (bicyclic) bond motifs is 1. The quantitative estimate of drug-likeness (QED) is 0.849. The van der Waals surface area contributed by atoms with E-state index in [9.17, 15) is 8.42 Å². The number of sulfonamides is 1. The number of hydrogen-bond acceptors (Lipinski definition) is 5. The van der Waals surface area contributed by atoms with Crippen LogP contribution in [0.3, 0.4) is 0 Å². The number of hydrogen-bond donors (Lipinski definition) is 1. The molecular weight excluding hydrogens is 377 g/mol. The van der Waals surface area contributed by atoms with Gasteiger partial charge in [-0.1, -0.05) is 29.3 Å². The van der Waals surface area contributed by atoms with Crippen molar-refractivity contribution in [1.82, 2.24) is 4.72 Å². The first-order valence-corrected chi connectivity index (χ1v) is 9.06. The van der Waals surface area contributed by atoms with Crippen molar-refractivity contribution in [3.05, 3.63) is 45.9 Å². The molecule has 0 saturated heterocycles. The van der Waals surface area contributed by atoms with Crippen molar-refractivity contribution in [1.29, 1.82) is 0 Å². The minimum Gasteiger partial charge on any atom is -0.495 e. The summed E-state index contributed by atoms with van der Waals surface area (Å²) in [5.41, 5.74) is 0.721. The molecule has 0 aliphatic carbocycles. The lowest BCUT2D eigenvalue weighted by Gasteiger charge is -2.11. The van der Waals surface area contributed by atoms with Crippen molar-refractivity contribution < 1.29 is 22.6 Å². The Morgan fingerprint density at radius 3 is 2.62 bits per heavy atom. The minimum atomic E-state index is -3.84. The molecule has 9 heteroatoms. The van der Waals surface area contributed by atoms with Gasteiger partial charge >= 0.3 is 0 Å². The van der Waals surface area contributed by atoms with Gasteiger partial charge in [0.25, 0.3) is 0 Å². The van der Waals surface area contributed by atoms with Crippen molar-refractivity contribution in [3.8, 4) is 17.2 Å². The van der Waals surface area contributed by atoms with E-state index in [1.54, 1.807) is 18.2 Å². The van der Waals surface area contributed by atoms with Gasteiger partial charge in [-0.05, 0) is 29.8 Å². The maximum atomic E-state index is 12.5. The summed E-state index contributed by atoms with van der Waals surface area (Å²) in [6.07, 6.45) is 0. The topological polar surface area (TPSA) is 73.9 Å². The Bertz CT molecular complexity index is 886. The van der Waals surface area contributed by atoms with Crippen LogP contribution in [0.2, 0.25) is 10.0 Å². The smallest absolute Gasteiger partial charge is 0.242 e. The summed E-state index contributed by atoms with van der Waals surface area (Å²) in [7, 11) is -2.42. The van der Waals surface area contributed by atoms with Gasteiger partial charge in [-0.2, -0.15) is 0 Å². The first kappa shape index (κ1) is 17.2. The predicted octanol–water partition coefficient (Wildman–Crippen LogP) is 3.21. The molecule has 1 aliphatic heterocycles. The van der Waals surface area contributed by atoms with E-state index in [1.807, 2.05) is 0 Å². The fourth-order valence-electron chi connectivity index (χ4n) is 2.19. The minimum absolute atomic E-state index is 0.0464. The number of benzene rings is 2. The zero-order valence-corrected chi connectivity index (χ0v) is 14.8. The van der Waals surface area contributed by atoms with E-state index < -0.39 is 10.0 Å². The Balaban J connectivity index is 1.81. The average Bonchev–Trinajstić information content (AvgIpc) is 3.03. The Labute approximate surface area is 149 Å². The molecule has 0 fully saturated rings. The normalized spacial score (nSPS) is 13.1. The number of ether oxygens (including phenoxy) is 3. The van der Waals surface area contributed by atoms with Crippen LogP contribution in [0, 0.1) is 0 Å². The summed E-state index contributed by atoms with van der Waals surface area (Å²) in [6.45, 7) is 0.226. The predicted molar refractivity (Wildman–Crippen MR) is 89.6 cm³/mol. The molecule has 0 unspecified atom stereocenters. The van der Waals surface area contributed by atoms with Crippen molar-refractivity contribution in [2.24, 2.45) is 0 Å². The van der Waals surface area contributed by atoms with Crippen LogP contribution in [-0.2, 0) is 16.6 Å². The average molecular weight is 390 g/mol. The highest BCUT2D eigenvalue weighted by Gasteiger charge is 2.22. The molecule has 0 atom stereocenters. The second-order valence-electron chi connectivity index (χ2n) is 4.91. The van der Waals surface area contributed by atoms with E-state index in [1.165, 1.54) is 19.2 Å². The molecule has 2 aromatic carbocycles. The molecular formula is C15H13Cl2NO5S. The molecule has 0 radical (unpaired) electrons. The van der Waals surface area contributed by atoms with Gasteiger partial charge in [0.2, 0.25) is 16.8 Å². The highest BCUT2D eigenvalue weighted by molar-refractivity contribution is 7.89. The van der Waals surface area contributed by atoms with Gasteiger partial charge in [0, 0.05) is 6.54 Å². The maximum absolute atomic E-state index is 12.5. The van der Waals surface area contributed by atoms with Gasteiger partial charge in [0.1, 0.15) is 15.7 Å². The van der Waals surface area contributed by atoms with E-state index in [4.69, 9.17) is 37.4 Å². The molecule has 0 amide bonds. The lowest BCUT2D eigenvalue weighted by Crippen LogP contribution is -2.23. The third kappa shape index (κ3) is 3.25. The van der Waals surface area contributed by atoms with E-state index in [2.05, 4.69) is 4.72 Å². The van der Waals surface area contributed by atoms with Crippen LogP contribution in [0.15, 0.2) is 35.2 Å². The summed E-state index contributed by atoms with van der Waals surface area (Å²) in [6, 6.07) is 7.98. The van der Waals surface area contributed by atoms with Crippen molar-refractivity contribution >= 4 is 33.2 Å². The molecule has 0 saturated carbocycles. The number of halogens is 2. The molecule has 3 rings (SSSR count). The monoisotopic (exact) mass is 389 g/mol. The van der Waals surface area contributed by atoms with Crippen LogP contribution in [0.1, 0.15) is 5.56 Å². The zero-order chi connectivity index (χ0) is 17.3. The van der Waals surface area contributed by atoms with E-state index >= 15 is 0 Å². The lowest BCUT2D eigenvalue weighted by atomic mass is 10.2. The summed E-state index contributed by atoms with van der Waals surface area (Å²) in [5, 5.41) is -0.0423. The molecule has 2 aromatic rings. The summed E-state index contributed by atoms with van der Waals surface area (Å²) in [4.78, 5) is -0.115. The van der Waals surface area contributed by atoms with Gasteiger partial charge in [-0.3, -0.25) is 0 Å². The van der Waals surface area contributed by atoms with E-state index in [0.717, 1.165) is 5.56 Å². The zero-order valence-electron chi connectivity index (χ0n) is 12.5. The highest BCUT2D eigenvalue weighted by Crippen LogP contribution is 2.37. The highest BCUT2D eigenvalue weighted by atomic mass is 35.5. The van der Waals surface area contributed by atoms with Crippen molar-refractivity contribution in [2.75, 3.05) is 13.9 Å². The Morgan fingerprint density at radius 1 is 1.12 bits per heavy atom. The fraction of sp³-hybridized carbons (Fsp3) is 0.200. The molecule has 6 nitrogen and oxygen atoms in total. The molecule has 1 N–H and O–H groups in total. The number of methoxy groups -OCH3 is 1. The van der Waals surface area contributed by atoms with Crippen LogP contribution in [0.5, 0.6) is 17.2 Å². The van der Waals surface area contributed by atoms with Gasteiger partial charge in [-0.25, -0.2) is 13.1 Å². The largest absolute Gasteiger partial charge is 0.495 e. The van der Waals surface area contributed by atoms with Crippen LogP contribution in [0.25, 0.3) is 0 Å². The lowest BCUT2D eigenvalue weighted by molar-refractivity contribution is 0.174. The van der Waals surface area contributed by atoms with E-state index in [0.29, 0.717) is 17.2 Å². The fourth-order valence-corrected chi connectivity index (χ4v) is 4.04. The van der Waals surface area contributed by atoms with E-state index in [-0.39, 0.29) is 28.3 Å². The second-order valence-corrected chi connectivity index (χ2v) is 7.40. The summed E-state index contributed by atoms with van der Waals surface area (Å²) in [5.74, 6) is 1.51. The van der Waals surface area contributed by atoms with Crippen molar-refractivity contribution in [2.45, 2.75) is 11.4 Å². The molecule has 128 valence electrons. The third-order valence-corrected chi connectivity index (χ3v) is 5.84. The van der Waals surface area contributed by atoms with Gasteiger partial charge in [-0.15, -0.1) is 0 Å². The van der Waals surface area contributed by atoms with Crippen molar-refractivity contribution in [3.63, 3.8) is 0 Å². The Kier molecular flexibility index (Phi) is 4.78. The molecule has 24 heavy (non-hydrogen) atoms. The first-order chi connectivity index (χ1) is 11.4. The number of nitrogens with one attached hydrogen (secondary N) is 1. The molecule has 1 aliphatic rings. The molecule has 1 heterocycles.